The summed E-state index contributed by atoms with van der Waals surface area (Å²) in [4.78, 5) is 21.9. The predicted octanol–water partition coefficient (Wildman–Crippen LogP) is 2.07. The van der Waals surface area contributed by atoms with Gasteiger partial charge < -0.3 is 14.2 Å². The second-order valence-corrected chi connectivity index (χ2v) is 4.10. The maximum absolute atomic E-state index is 11.7. The number of nitro groups is 1. The van der Waals surface area contributed by atoms with E-state index in [2.05, 4.69) is 0 Å². The van der Waals surface area contributed by atoms with Crippen LogP contribution in [0.3, 0.4) is 0 Å². The Morgan fingerprint density at radius 2 is 2.00 bits per heavy atom. The summed E-state index contributed by atoms with van der Waals surface area (Å²) in [6.07, 6.45) is 0. The topological polar surface area (TPSA) is 87.9 Å². The van der Waals surface area contributed by atoms with Crippen LogP contribution in [0.15, 0.2) is 18.2 Å². The highest BCUT2D eigenvalue weighted by Gasteiger charge is 2.21. The Bertz CT molecular complexity index is 479. The quantitative estimate of drug-likeness (QED) is 0.316. The molecule has 0 spiro atoms. The van der Waals surface area contributed by atoms with E-state index in [1.54, 1.807) is 7.11 Å². The number of methoxy groups -OCH3 is 1. The van der Waals surface area contributed by atoms with Crippen molar-refractivity contribution < 1.29 is 23.9 Å². The third kappa shape index (κ3) is 5.12. The lowest BCUT2D eigenvalue weighted by Crippen LogP contribution is -2.13. The molecule has 0 unspecified atom stereocenters. The van der Waals surface area contributed by atoms with Crippen LogP contribution in [0, 0.1) is 10.1 Å². The van der Waals surface area contributed by atoms with Crippen LogP contribution in [0.5, 0.6) is 0 Å². The molecule has 0 aliphatic heterocycles. The summed E-state index contributed by atoms with van der Waals surface area (Å²) in [5.74, 6) is -0.811. The van der Waals surface area contributed by atoms with Crippen LogP contribution in [-0.2, 0) is 14.2 Å². The largest absolute Gasteiger partial charge is 0.459 e. The van der Waals surface area contributed by atoms with Gasteiger partial charge in [0.25, 0.3) is 5.69 Å². The van der Waals surface area contributed by atoms with Crippen molar-refractivity contribution in [2.45, 2.75) is 0 Å². The monoisotopic (exact) mass is 303 g/mol. The molecule has 0 fully saturated rings. The lowest BCUT2D eigenvalue weighted by molar-refractivity contribution is -0.385. The van der Waals surface area contributed by atoms with E-state index in [-0.39, 0.29) is 29.5 Å². The summed E-state index contributed by atoms with van der Waals surface area (Å²) in [7, 11) is 1.54. The SMILES string of the molecule is COCCOCCOC(=O)c1cc(Cl)ccc1[N+](=O)[O-]. The Morgan fingerprint density at radius 3 is 2.65 bits per heavy atom. The third-order valence-electron chi connectivity index (χ3n) is 2.27. The van der Waals surface area contributed by atoms with Gasteiger partial charge in [-0.2, -0.15) is 0 Å². The van der Waals surface area contributed by atoms with Crippen molar-refractivity contribution in [3.05, 3.63) is 38.9 Å². The summed E-state index contributed by atoms with van der Waals surface area (Å²) in [6.45, 7) is 0.995. The van der Waals surface area contributed by atoms with Gasteiger partial charge in [-0.1, -0.05) is 11.6 Å². The molecule has 110 valence electrons. The Morgan fingerprint density at radius 1 is 1.30 bits per heavy atom. The summed E-state index contributed by atoms with van der Waals surface area (Å²) in [5.41, 5.74) is -0.529. The molecule has 20 heavy (non-hydrogen) atoms. The minimum atomic E-state index is -0.811. The van der Waals surface area contributed by atoms with Gasteiger partial charge in [-0.25, -0.2) is 4.79 Å². The van der Waals surface area contributed by atoms with Gasteiger partial charge in [-0.05, 0) is 12.1 Å². The Kier molecular flexibility index (Phi) is 6.92. The lowest BCUT2D eigenvalue weighted by Gasteiger charge is -2.06. The first-order valence-corrected chi connectivity index (χ1v) is 6.11. The molecule has 0 bridgehead atoms. The first-order chi connectivity index (χ1) is 9.56. The third-order valence-corrected chi connectivity index (χ3v) is 2.50. The van der Waals surface area contributed by atoms with E-state index in [1.807, 2.05) is 0 Å². The summed E-state index contributed by atoms with van der Waals surface area (Å²) >= 11 is 5.72. The Hall–Kier alpha value is -1.70. The smallest absolute Gasteiger partial charge is 0.345 e. The molecule has 0 aliphatic carbocycles. The van der Waals surface area contributed by atoms with E-state index in [0.717, 1.165) is 6.07 Å². The number of carbonyl (C=O) groups excluding carboxylic acids is 1. The highest BCUT2D eigenvalue weighted by Crippen LogP contribution is 2.23. The van der Waals surface area contributed by atoms with Crippen molar-refractivity contribution >= 4 is 23.3 Å². The second-order valence-electron chi connectivity index (χ2n) is 3.66. The minimum Gasteiger partial charge on any atom is -0.459 e. The molecule has 0 saturated heterocycles. The molecule has 1 aromatic rings. The van der Waals surface area contributed by atoms with Gasteiger partial charge in [0, 0.05) is 18.2 Å². The maximum Gasteiger partial charge on any atom is 0.345 e. The van der Waals surface area contributed by atoms with E-state index in [1.165, 1.54) is 12.1 Å². The zero-order valence-corrected chi connectivity index (χ0v) is 11.6. The number of nitrogens with zero attached hydrogens (tertiary/aromatic N) is 1. The molecule has 7 nitrogen and oxygen atoms in total. The van der Waals surface area contributed by atoms with Gasteiger partial charge >= 0.3 is 5.97 Å². The first kappa shape index (κ1) is 16.4. The fourth-order valence-electron chi connectivity index (χ4n) is 1.35. The lowest BCUT2D eigenvalue weighted by atomic mass is 10.2. The first-order valence-electron chi connectivity index (χ1n) is 5.74. The number of rotatable bonds is 8. The average Bonchev–Trinajstić information content (AvgIpc) is 2.42. The number of hydrogen-bond acceptors (Lipinski definition) is 6. The Labute approximate surface area is 120 Å². The molecule has 0 heterocycles. The van der Waals surface area contributed by atoms with Crippen LogP contribution in [0.4, 0.5) is 5.69 Å². The highest BCUT2D eigenvalue weighted by molar-refractivity contribution is 6.31. The van der Waals surface area contributed by atoms with Crippen molar-refractivity contribution in [3.8, 4) is 0 Å². The van der Waals surface area contributed by atoms with Gasteiger partial charge in [0.2, 0.25) is 0 Å². The minimum absolute atomic E-state index is 0.00772. The molecule has 0 saturated carbocycles. The normalized spacial score (nSPS) is 10.3. The zero-order valence-electron chi connectivity index (χ0n) is 10.8. The van der Waals surface area contributed by atoms with Crippen LogP contribution >= 0.6 is 11.6 Å². The van der Waals surface area contributed by atoms with E-state index in [9.17, 15) is 14.9 Å². The standard InChI is InChI=1S/C12H14ClNO6/c1-18-4-5-19-6-7-20-12(15)10-8-9(13)2-3-11(10)14(16)17/h2-3,8H,4-7H2,1H3. The van der Waals surface area contributed by atoms with Gasteiger partial charge in [-0.3, -0.25) is 10.1 Å². The average molecular weight is 304 g/mol. The van der Waals surface area contributed by atoms with E-state index < -0.39 is 10.9 Å². The molecule has 0 amide bonds. The van der Waals surface area contributed by atoms with E-state index >= 15 is 0 Å². The zero-order chi connectivity index (χ0) is 15.0. The van der Waals surface area contributed by atoms with Crippen LogP contribution in [-0.4, -0.2) is 44.4 Å². The van der Waals surface area contributed by atoms with E-state index in [4.69, 9.17) is 25.8 Å². The second kappa shape index (κ2) is 8.47. The van der Waals surface area contributed by atoms with Crippen molar-refractivity contribution in [1.29, 1.82) is 0 Å². The highest BCUT2D eigenvalue weighted by atomic mass is 35.5. The number of carbonyl (C=O) groups is 1. The van der Waals surface area contributed by atoms with Gasteiger partial charge in [0.1, 0.15) is 12.2 Å². The molecule has 1 rings (SSSR count). The number of benzene rings is 1. The number of halogens is 1. The number of esters is 1. The van der Waals surface area contributed by atoms with Crippen molar-refractivity contribution in [2.75, 3.05) is 33.5 Å². The summed E-state index contributed by atoms with van der Waals surface area (Å²) < 4.78 is 14.8. The predicted molar refractivity (Wildman–Crippen MR) is 71.1 cm³/mol. The Balaban J connectivity index is 2.54. The van der Waals surface area contributed by atoms with E-state index in [0.29, 0.717) is 13.2 Å². The molecule has 8 heteroatoms. The van der Waals surface area contributed by atoms with Crippen molar-refractivity contribution in [3.63, 3.8) is 0 Å². The van der Waals surface area contributed by atoms with Crippen LogP contribution in [0.2, 0.25) is 5.02 Å². The van der Waals surface area contributed by atoms with Crippen LogP contribution < -0.4 is 0 Å². The molecule has 0 aliphatic rings. The molecular formula is C12H14ClNO6. The molecular weight excluding hydrogens is 290 g/mol. The number of hydrogen-bond donors (Lipinski definition) is 0. The molecule has 0 radical (unpaired) electrons. The van der Waals surface area contributed by atoms with Gasteiger partial charge in [0.05, 0.1) is 24.7 Å². The number of ether oxygens (including phenoxy) is 3. The van der Waals surface area contributed by atoms with Gasteiger partial charge in [-0.15, -0.1) is 0 Å². The van der Waals surface area contributed by atoms with Crippen molar-refractivity contribution in [1.82, 2.24) is 0 Å². The molecule has 0 atom stereocenters. The van der Waals surface area contributed by atoms with Crippen LogP contribution in [0.25, 0.3) is 0 Å². The summed E-state index contributed by atoms with van der Waals surface area (Å²) in [5, 5.41) is 11.0. The van der Waals surface area contributed by atoms with Gasteiger partial charge in [0.15, 0.2) is 0 Å². The van der Waals surface area contributed by atoms with Crippen LogP contribution in [0.1, 0.15) is 10.4 Å². The fraction of sp³-hybridized carbons (Fsp3) is 0.417. The van der Waals surface area contributed by atoms with Crippen molar-refractivity contribution in [2.24, 2.45) is 0 Å². The fourth-order valence-corrected chi connectivity index (χ4v) is 1.52. The molecule has 0 aromatic heterocycles. The maximum atomic E-state index is 11.7. The number of nitro benzene ring substituents is 1. The summed E-state index contributed by atoms with van der Waals surface area (Å²) in [6, 6.07) is 3.70. The molecule has 0 N–H and O–H groups in total. The molecule has 1 aromatic carbocycles.